The summed E-state index contributed by atoms with van der Waals surface area (Å²) in [6, 6.07) is 1.67. The highest BCUT2D eigenvalue weighted by atomic mass is 19.4. The predicted octanol–water partition coefficient (Wildman–Crippen LogP) is 5.89. The van der Waals surface area contributed by atoms with E-state index in [0.29, 0.717) is 25.7 Å². The van der Waals surface area contributed by atoms with Gasteiger partial charge in [-0.3, -0.25) is 9.18 Å². The van der Waals surface area contributed by atoms with E-state index >= 15 is 4.39 Å². The van der Waals surface area contributed by atoms with Crippen LogP contribution in [0.25, 0.3) is 0 Å². The van der Waals surface area contributed by atoms with Gasteiger partial charge >= 0.3 is 12.1 Å². The number of amides is 1. The Labute approximate surface area is 231 Å². The summed E-state index contributed by atoms with van der Waals surface area (Å²) in [5.41, 5.74) is -2.03. The van der Waals surface area contributed by atoms with Crippen LogP contribution in [0.5, 0.6) is 11.6 Å². The molecule has 1 saturated carbocycles. The number of ether oxygens (including phenoxy) is 1. The lowest BCUT2D eigenvalue weighted by Gasteiger charge is -2.34. The molecule has 0 radical (unpaired) electrons. The molecule has 1 amide bonds. The van der Waals surface area contributed by atoms with E-state index in [4.69, 9.17) is 4.74 Å². The molecule has 0 bridgehead atoms. The second-order valence-electron chi connectivity index (χ2n) is 10.1. The van der Waals surface area contributed by atoms with Crippen LogP contribution in [-0.2, 0) is 17.5 Å². The van der Waals surface area contributed by atoms with E-state index in [1.165, 1.54) is 12.4 Å². The first-order chi connectivity index (χ1) is 19.4. The van der Waals surface area contributed by atoms with Crippen molar-refractivity contribution in [3.63, 3.8) is 0 Å². The van der Waals surface area contributed by atoms with Crippen molar-refractivity contribution in [3.05, 3.63) is 59.3 Å². The van der Waals surface area contributed by atoms with Crippen LogP contribution >= 0.6 is 0 Å². The fourth-order valence-corrected chi connectivity index (χ4v) is 4.86. The van der Waals surface area contributed by atoms with Crippen LogP contribution < -0.4 is 9.64 Å². The van der Waals surface area contributed by atoms with Crippen molar-refractivity contribution in [1.82, 2.24) is 20.0 Å². The molecule has 4 rings (SSSR count). The van der Waals surface area contributed by atoms with Gasteiger partial charge in [-0.2, -0.15) is 28.2 Å². The van der Waals surface area contributed by atoms with Crippen LogP contribution in [0.3, 0.4) is 0 Å². The first-order valence-corrected chi connectivity index (χ1v) is 12.9. The number of rotatable bonds is 9. The smallest absolute Gasteiger partial charge is 0.421 e. The maximum absolute atomic E-state index is 15.3. The third kappa shape index (κ3) is 6.80. The summed E-state index contributed by atoms with van der Waals surface area (Å²) in [6.45, 7) is 2.64. The van der Waals surface area contributed by atoms with Crippen molar-refractivity contribution < 1.29 is 41.4 Å². The minimum atomic E-state index is -4.94. The van der Waals surface area contributed by atoms with E-state index in [9.17, 15) is 32.3 Å². The summed E-state index contributed by atoms with van der Waals surface area (Å²) < 4.78 is 75.2. The van der Waals surface area contributed by atoms with Crippen LogP contribution in [0.15, 0.2) is 36.8 Å². The molecule has 0 aliphatic heterocycles. The predicted molar refractivity (Wildman–Crippen MR) is 136 cm³/mol. The number of hydrogen-bond acceptors (Lipinski definition) is 6. The van der Waals surface area contributed by atoms with E-state index in [1.54, 1.807) is 13.8 Å². The summed E-state index contributed by atoms with van der Waals surface area (Å²) in [5, 5.41) is 17.6. The van der Waals surface area contributed by atoms with Crippen LogP contribution in [0.2, 0.25) is 0 Å². The Morgan fingerprint density at radius 1 is 1.12 bits per heavy atom. The topological polar surface area (TPSA) is 110 Å². The van der Waals surface area contributed by atoms with Gasteiger partial charge < -0.3 is 14.7 Å². The fourth-order valence-electron chi connectivity index (χ4n) is 4.86. The Balaban J connectivity index is 1.68. The molecule has 14 heteroatoms. The van der Waals surface area contributed by atoms with E-state index in [-0.39, 0.29) is 23.7 Å². The van der Waals surface area contributed by atoms with Gasteiger partial charge in [0.15, 0.2) is 11.6 Å². The molecule has 2 aromatic heterocycles. The second-order valence-corrected chi connectivity index (χ2v) is 10.1. The molecule has 0 spiro atoms. The van der Waals surface area contributed by atoms with Gasteiger partial charge in [-0.05, 0) is 57.1 Å². The molecule has 0 unspecified atom stereocenters. The van der Waals surface area contributed by atoms with E-state index < -0.39 is 65.3 Å². The largest absolute Gasteiger partial charge is 0.478 e. The number of nitrogens with zero attached hydrogens (tertiary/aromatic N) is 5. The van der Waals surface area contributed by atoms with Gasteiger partial charge in [-0.25, -0.2) is 14.2 Å². The van der Waals surface area contributed by atoms with Crippen LogP contribution in [-0.4, -0.2) is 49.7 Å². The quantitative estimate of drug-likeness (QED) is 0.314. The van der Waals surface area contributed by atoms with Gasteiger partial charge in [0, 0.05) is 30.3 Å². The van der Waals surface area contributed by atoms with Crippen LogP contribution in [0, 0.1) is 17.7 Å². The Kier molecular flexibility index (Phi) is 8.88. The number of alkyl halides is 4. The van der Waals surface area contributed by atoms with Crippen molar-refractivity contribution in [1.29, 1.82) is 0 Å². The van der Waals surface area contributed by atoms with Crippen molar-refractivity contribution in [2.24, 2.45) is 11.8 Å². The molecular weight excluding hydrogens is 553 g/mol. The third-order valence-electron chi connectivity index (χ3n) is 6.92. The van der Waals surface area contributed by atoms with Gasteiger partial charge in [0.2, 0.25) is 11.8 Å². The van der Waals surface area contributed by atoms with Gasteiger partial charge in [-0.1, -0.05) is 0 Å². The summed E-state index contributed by atoms with van der Waals surface area (Å²) >= 11 is 0. The number of carboxylic acids is 1. The number of carboxylic acid groups (broad SMARTS) is 1. The van der Waals surface area contributed by atoms with Crippen LogP contribution in [0.4, 0.5) is 27.6 Å². The zero-order valence-electron chi connectivity index (χ0n) is 22.2. The lowest BCUT2D eigenvalue weighted by molar-refractivity contribution is -0.139. The maximum atomic E-state index is 15.3. The van der Waals surface area contributed by atoms with Gasteiger partial charge in [0.05, 0.1) is 36.9 Å². The fraction of sp³-hybridized carbons (Fsp3) is 0.444. The molecule has 1 aromatic carbocycles. The third-order valence-corrected chi connectivity index (χ3v) is 6.92. The van der Waals surface area contributed by atoms with Gasteiger partial charge in [0.25, 0.3) is 0 Å². The Morgan fingerprint density at radius 2 is 1.78 bits per heavy atom. The van der Waals surface area contributed by atoms with Gasteiger partial charge in [-0.15, -0.1) is 0 Å². The lowest BCUT2D eigenvalue weighted by atomic mass is 9.81. The zero-order chi connectivity index (χ0) is 29.9. The minimum Gasteiger partial charge on any atom is -0.478 e. The van der Waals surface area contributed by atoms with Crippen molar-refractivity contribution >= 4 is 17.6 Å². The number of hydrogen-bond donors (Lipinski definition) is 1. The number of halogens is 5. The zero-order valence-corrected chi connectivity index (χ0v) is 22.2. The van der Waals surface area contributed by atoms with E-state index in [0.717, 1.165) is 34.1 Å². The summed E-state index contributed by atoms with van der Waals surface area (Å²) in [7, 11) is 0. The standard InChI is InChI=1S/C27H28F5N5O4/c1-15(2)37(25(38)18-5-3-16(12-28)4-6-18)22-11-21(29)23(10-19(22)26(39)40)41-24-20(27(30,31)32)9-17(13-33-24)14-36-34-7-8-35-36/h7-11,13,15-16,18H,3-6,12,14H2,1-2H3,(H,39,40). The number of benzene rings is 1. The number of carbonyl (C=O) groups excluding carboxylic acids is 1. The number of aromatic nitrogens is 4. The molecule has 41 heavy (non-hydrogen) atoms. The van der Waals surface area contributed by atoms with Crippen molar-refractivity contribution in [2.75, 3.05) is 11.6 Å². The molecule has 2 heterocycles. The van der Waals surface area contributed by atoms with Crippen molar-refractivity contribution in [3.8, 4) is 11.6 Å². The average Bonchev–Trinajstić information content (AvgIpc) is 3.43. The lowest BCUT2D eigenvalue weighted by Crippen LogP contribution is -2.43. The minimum absolute atomic E-state index is 0.0922. The monoisotopic (exact) mass is 581 g/mol. The van der Waals surface area contributed by atoms with Crippen LogP contribution in [0.1, 0.15) is 61.0 Å². The first kappa shape index (κ1) is 29.9. The SMILES string of the molecule is CC(C)N(C(=O)C1CCC(CF)CC1)c1cc(F)c(Oc2ncc(Cn3nccn3)cc2C(F)(F)F)cc1C(=O)O. The summed E-state index contributed by atoms with van der Waals surface area (Å²) in [6.07, 6.45) is 0.650. The Bertz CT molecular complexity index is 1390. The summed E-state index contributed by atoms with van der Waals surface area (Å²) in [5.74, 6) is -5.61. The van der Waals surface area contributed by atoms with E-state index in [1.807, 2.05) is 0 Å². The molecule has 1 fully saturated rings. The molecule has 1 aliphatic carbocycles. The Hall–Kier alpha value is -4.10. The number of anilines is 1. The number of pyridine rings is 1. The highest BCUT2D eigenvalue weighted by Crippen LogP contribution is 2.40. The highest BCUT2D eigenvalue weighted by molar-refractivity contribution is 6.03. The molecule has 3 aromatic rings. The van der Waals surface area contributed by atoms with Crippen molar-refractivity contribution in [2.45, 2.75) is 58.3 Å². The first-order valence-electron chi connectivity index (χ1n) is 12.9. The second kappa shape index (κ2) is 12.2. The normalized spacial score (nSPS) is 17.5. The number of aromatic carboxylic acids is 1. The number of carbonyl (C=O) groups is 2. The van der Waals surface area contributed by atoms with E-state index in [2.05, 4.69) is 15.2 Å². The molecule has 9 nitrogen and oxygen atoms in total. The molecular formula is C27H28F5N5O4. The van der Waals surface area contributed by atoms with Gasteiger partial charge in [0.1, 0.15) is 5.56 Å². The molecule has 0 atom stereocenters. The Morgan fingerprint density at radius 3 is 2.34 bits per heavy atom. The maximum Gasteiger partial charge on any atom is 0.421 e. The highest BCUT2D eigenvalue weighted by Gasteiger charge is 2.37. The molecule has 1 aliphatic rings. The molecule has 0 saturated heterocycles. The average molecular weight is 582 g/mol. The molecule has 1 N–H and O–H groups in total. The summed E-state index contributed by atoms with van der Waals surface area (Å²) in [4.78, 5) is 31.7. The molecule has 220 valence electrons.